The highest BCUT2D eigenvalue weighted by Crippen LogP contribution is 2.39. The molecule has 9 heteroatoms. The Hall–Kier alpha value is -2.39. The van der Waals surface area contributed by atoms with Gasteiger partial charge in [-0.1, -0.05) is 19.9 Å². The number of aryl methyl sites for hydroxylation is 2. The number of nitrogens with one attached hydrogen (secondary N) is 1. The summed E-state index contributed by atoms with van der Waals surface area (Å²) in [4.78, 5) is 13.0. The third-order valence-electron chi connectivity index (χ3n) is 6.94. The van der Waals surface area contributed by atoms with E-state index >= 15 is 0 Å². The van der Waals surface area contributed by atoms with Gasteiger partial charge in [-0.2, -0.15) is 5.10 Å². The van der Waals surface area contributed by atoms with Gasteiger partial charge >= 0.3 is 6.03 Å². The number of fused-ring (bicyclic) bond motifs is 3. The zero-order chi connectivity index (χ0) is 21.8. The highest BCUT2D eigenvalue weighted by molar-refractivity contribution is 7.91. The van der Waals surface area contributed by atoms with Gasteiger partial charge in [-0.3, -0.25) is 0 Å². The molecule has 0 bridgehead atoms. The minimum atomic E-state index is -3.50. The summed E-state index contributed by atoms with van der Waals surface area (Å²) >= 11 is 0. The number of nitrogens with zero attached hydrogens (tertiary/aromatic N) is 3. The predicted octanol–water partition coefficient (Wildman–Crippen LogP) is 3.60. The van der Waals surface area contributed by atoms with Crippen LogP contribution >= 0.6 is 0 Å². The fourth-order valence-corrected chi connectivity index (χ4v) is 5.95. The molecular formula is C22H29N5O3S. The quantitative estimate of drug-likeness (QED) is 0.755. The monoisotopic (exact) mass is 443 g/mol. The minimum absolute atomic E-state index is 0.0473. The van der Waals surface area contributed by atoms with Gasteiger partial charge in [-0.25, -0.2) is 18.8 Å². The Kier molecular flexibility index (Phi) is 4.86. The Morgan fingerprint density at radius 3 is 2.61 bits per heavy atom. The first-order valence-electron chi connectivity index (χ1n) is 11.0. The zero-order valence-corrected chi connectivity index (χ0v) is 18.9. The second-order valence-electron chi connectivity index (χ2n) is 9.25. The molecule has 2 amide bonds. The number of carbonyl (C=O) groups is 1. The van der Waals surface area contributed by atoms with E-state index in [-0.39, 0.29) is 10.3 Å². The van der Waals surface area contributed by atoms with Crippen molar-refractivity contribution in [3.8, 4) is 5.88 Å². The van der Waals surface area contributed by atoms with Crippen LogP contribution in [0.25, 0.3) is 0 Å². The molecule has 0 radical (unpaired) electrons. The maximum Gasteiger partial charge on any atom is 0.354 e. The lowest BCUT2D eigenvalue weighted by molar-refractivity contribution is 0.0783. The van der Waals surface area contributed by atoms with Crippen LogP contribution in [0.15, 0.2) is 21.5 Å². The van der Waals surface area contributed by atoms with Crippen molar-refractivity contribution < 1.29 is 13.7 Å². The van der Waals surface area contributed by atoms with Gasteiger partial charge in [0, 0.05) is 11.1 Å². The van der Waals surface area contributed by atoms with Gasteiger partial charge in [0.2, 0.25) is 5.88 Å². The van der Waals surface area contributed by atoms with Crippen LogP contribution in [0.4, 0.5) is 10.5 Å². The second kappa shape index (κ2) is 7.34. The average molecular weight is 444 g/mol. The molecule has 0 saturated carbocycles. The van der Waals surface area contributed by atoms with Crippen LogP contribution in [0.3, 0.4) is 0 Å². The van der Waals surface area contributed by atoms with Crippen molar-refractivity contribution in [3.05, 3.63) is 34.5 Å². The summed E-state index contributed by atoms with van der Waals surface area (Å²) in [6.45, 7) is 5.34. The van der Waals surface area contributed by atoms with Gasteiger partial charge < -0.3 is 10.1 Å². The predicted molar refractivity (Wildman–Crippen MR) is 119 cm³/mol. The maximum absolute atomic E-state index is 13.2. The number of anilines is 1. The third kappa shape index (κ3) is 3.53. The lowest BCUT2D eigenvalue weighted by atomic mass is 9.88. The number of hydrogen-bond acceptors (Lipinski definition) is 4. The molecule has 2 aliphatic carbocycles. The first-order valence-corrected chi connectivity index (χ1v) is 12.6. The fraction of sp³-hybridized carbons (Fsp3) is 0.545. The summed E-state index contributed by atoms with van der Waals surface area (Å²) in [6.07, 6.45) is 8.46. The highest BCUT2D eigenvalue weighted by atomic mass is 32.2. The first kappa shape index (κ1) is 20.5. The Labute approximate surface area is 182 Å². The number of urea groups is 1. The van der Waals surface area contributed by atoms with E-state index in [4.69, 9.17) is 9.88 Å². The molecule has 3 aliphatic rings. The molecule has 2 aromatic rings. The average Bonchev–Trinajstić information content (AvgIpc) is 3.46. The van der Waals surface area contributed by atoms with Crippen molar-refractivity contribution in [2.45, 2.75) is 70.2 Å². The normalized spacial score (nSPS) is 23.3. The van der Waals surface area contributed by atoms with E-state index < -0.39 is 15.9 Å². The van der Waals surface area contributed by atoms with E-state index in [0.717, 1.165) is 50.6 Å². The van der Waals surface area contributed by atoms with E-state index in [9.17, 15) is 9.00 Å². The van der Waals surface area contributed by atoms with Gasteiger partial charge in [0.15, 0.2) is 9.92 Å². The SMILES string of the molecule is CC[C@@]1(C)COc2c([S@@](N)(=O)=NC(=O)Nc3c4c(cc5c3CCC5)CCC4)cnn2C1. The molecule has 166 valence electrons. The van der Waals surface area contributed by atoms with Gasteiger partial charge in [0.1, 0.15) is 4.90 Å². The summed E-state index contributed by atoms with van der Waals surface area (Å²) in [5.41, 5.74) is 5.81. The smallest absolute Gasteiger partial charge is 0.354 e. The van der Waals surface area contributed by atoms with Gasteiger partial charge in [0.05, 0.1) is 19.3 Å². The number of hydrogen-bond donors (Lipinski definition) is 2. The maximum atomic E-state index is 13.2. The molecule has 0 spiro atoms. The fourth-order valence-electron chi connectivity index (χ4n) is 4.95. The second-order valence-corrected chi connectivity index (χ2v) is 11.0. The summed E-state index contributed by atoms with van der Waals surface area (Å²) < 4.78 is 24.6. The molecule has 0 fully saturated rings. The van der Waals surface area contributed by atoms with Crippen molar-refractivity contribution in [2.24, 2.45) is 14.9 Å². The molecule has 1 aromatic carbocycles. The van der Waals surface area contributed by atoms with Crippen molar-refractivity contribution in [3.63, 3.8) is 0 Å². The summed E-state index contributed by atoms with van der Waals surface area (Å²) in [7, 11) is -3.50. The van der Waals surface area contributed by atoms with E-state index in [1.165, 1.54) is 28.5 Å². The lowest BCUT2D eigenvalue weighted by Crippen LogP contribution is -2.35. The number of ether oxygens (including phenoxy) is 1. The number of amides is 2. The van der Waals surface area contributed by atoms with Gasteiger partial charge in [-0.05, 0) is 67.2 Å². The molecule has 8 nitrogen and oxygen atoms in total. The van der Waals surface area contributed by atoms with Crippen LogP contribution in [-0.4, -0.2) is 26.6 Å². The minimum Gasteiger partial charge on any atom is -0.476 e. The van der Waals surface area contributed by atoms with E-state index in [1.807, 2.05) is 0 Å². The highest BCUT2D eigenvalue weighted by Gasteiger charge is 2.34. The number of carbonyl (C=O) groups excluding carboxylic acids is 1. The van der Waals surface area contributed by atoms with Crippen LogP contribution in [0.5, 0.6) is 5.88 Å². The number of nitrogens with two attached hydrogens (primary N) is 1. The standard InChI is InChI=1S/C22H29N5O3S/c1-3-22(2)12-27-20(30-13-22)18(11-24-27)31(23,29)26-21(28)25-19-16-8-4-6-14(16)10-15-7-5-9-17(15)19/h10-11H,3-9,12-13H2,1-2H3,(H3,23,25,26,28,29)/t22-,31+/m1/s1. The lowest BCUT2D eigenvalue weighted by Gasteiger charge is -2.33. The van der Waals surface area contributed by atoms with Crippen molar-refractivity contribution in [1.82, 2.24) is 9.78 Å². The molecule has 31 heavy (non-hydrogen) atoms. The van der Waals surface area contributed by atoms with Crippen LogP contribution in [0, 0.1) is 5.41 Å². The number of benzene rings is 1. The van der Waals surface area contributed by atoms with Crippen LogP contribution in [0.2, 0.25) is 0 Å². The first-order chi connectivity index (χ1) is 14.8. The Bertz CT molecular complexity index is 1160. The summed E-state index contributed by atoms with van der Waals surface area (Å²) in [6, 6.07) is 1.61. The van der Waals surface area contributed by atoms with Gasteiger partial charge in [0.25, 0.3) is 0 Å². The number of rotatable bonds is 3. The molecule has 2 atom stereocenters. The Morgan fingerprint density at radius 2 is 1.97 bits per heavy atom. The van der Waals surface area contributed by atoms with E-state index in [1.54, 1.807) is 4.68 Å². The molecule has 0 saturated heterocycles. The zero-order valence-electron chi connectivity index (χ0n) is 18.1. The molecule has 1 aliphatic heterocycles. The summed E-state index contributed by atoms with van der Waals surface area (Å²) in [5, 5.41) is 13.3. The Balaban J connectivity index is 1.45. The molecule has 2 heterocycles. The molecule has 0 unspecified atom stereocenters. The van der Waals surface area contributed by atoms with E-state index in [2.05, 4.69) is 34.7 Å². The van der Waals surface area contributed by atoms with Crippen LogP contribution in [-0.2, 0) is 42.1 Å². The molecule has 1 aromatic heterocycles. The van der Waals surface area contributed by atoms with E-state index in [0.29, 0.717) is 19.0 Å². The number of aromatic nitrogens is 2. The van der Waals surface area contributed by atoms with Crippen LogP contribution in [0.1, 0.15) is 55.4 Å². The van der Waals surface area contributed by atoms with Crippen molar-refractivity contribution in [1.29, 1.82) is 0 Å². The molecular weight excluding hydrogens is 414 g/mol. The molecule has 5 rings (SSSR count). The van der Waals surface area contributed by atoms with Crippen LogP contribution < -0.4 is 15.2 Å². The van der Waals surface area contributed by atoms with Crippen molar-refractivity contribution in [2.75, 3.05) is 11.9 Å². The Morgan fingerprint density at radius 1 is 1.29 bits per heavy atom. The third-order valence-corrected chi connectivity index (χ3v) is 8.29. The topological polar surface area (TPSA) is 112 Å². The van der Waals surface area contributed by atoms with Crippen molar-refractivity contribution >= 4 is 21.6 Å². The summed E-state index contributed by atoms with van der Waals surface area (Å²) in [5.74, 6) is 0.344. The largest absolute Gasteiger partial charge is 0.476 e. The molecule has 3 N–H and O–H groups in total. The van der Waals surface area contributed by atoms with Gasteiger partial charge in [-0.15, -0.1) is 4.36 Å².